The molecule has 0 spiro atoms. The molecule has 1 heterocycles. The van der Waals surface area contributed by atoms with Crippen LogP contribution < -0.4 is 0 Å². The second-order valence-corrected chi connectivity index (χ2v) is 4.32. The van der Waals surface area contributed by atoms with E-state index in [1.54, 1.807) is 0 Å². The Kier molecular flexibility index (Phi) is 5.62. The largest absolute Gasteiger partial charge is 0.483 e. The number of hydrogen-bond donors (Lipinski definition) is 0. The van der Waals surface area contributed by atoms with Crippen molar-refractivity contribution in [3.63, 3.8) is 0 Å². The Labute approximate surface area is 110 Å². The molecular formula is C12H19F3N2O2. The highest BCUT2D eigenvalue weighted by Gasteiger charge is 2.33. The minimum Gasteiger partial charge on any atom is -0.483 e. The fourth-order valence-electron chi connectivity index (χ4n) is 1.92. The maximum atomic E-state index is 12.3. The summed E-state index contributed by atoms with van der Waals surface area (Å²) in [7, 11) is 2.85. The van der Waals surface area contributed by atoms with E-state index in [2.05, 4.69) is 9.98 Å². The van der Waals surface area contributed by atoms with Crippen LogP contribution in [0.15, 0.2) is 9.98 Å². The summed E-state index contributed by atoms with van der Waals surface area (Å²) in [4.78, 5) is 8.49. The van der Waals surface area contributed by atoms with Crippen molar-refractivity contribution in [2.24, 2.45) is 9.98 Å². The normalized spacial score (nSPS) is 23.7. The van der Waals surface area contributed by atoms with E-state index in [-0.39, 0.29) is 18.4 Å². The summed E-state index contributed by atoms with van der Waals surface area (Å²) < 4.78 is 46.9. The molecule has 0 aromatic heterocycles. The van der Waals surface area contributed by atoms with E-state index in [1.165, 1.54) is 14.2 Å². The quantitative estimate of drug-likeness (QED) is 0.794. The van der Waals surface area contributed by atoms with E-state index in [0.717, 1.165) is 12.8 Å². The van der Waals surface area contributed by atoms with E-state index in [1.807, 2.05) is 6.92 Å². The van der Waals surface area contributed by atoms with Crippen LogP contribution in [0, 0.1) is 0 Å². The molecule has 0 N–H and O–H groups in total. The Morgan fingerprint density at radius 2 is 1.47 bits per heavy atom. The molecule has 0 aromatic rings. The first-order valence-electron chi connectivity index (χ1n) is 6.21. The van der Waals surface area contributed by atoms with Crippen molar-refractivity contribution in [3.8, 4) is 0 Å². The number of alkyl halides is 3. The summed E-state index contributed by atoms with van der Waals surface area (Å²) in [6.07, 6.45) is -3.70. The van der Waals surface area contributed by atoms with Crippen molar-refractivity contribution in [2.75, 3.05) is 14.2 Å². The van der Waals surface area contributed by atoms with Crippen molar-refractivity contribution < 1.29 is 22.6 Å². The third kappa shape index (κ3) is 4.72. The summed E-state index contributed by atoms with van der Waals surface area (Å²) >= 11 is 0. The van der Waals surface area contributed by atoms with Crippen LogP contribution in [0.5, 0.6) is 0 Å². The number of aliphatic imine (C=N–C) groups is 2. The SMILES string of the molecule is CCCC1N=C(OC)C(CCC(F)(F)F)N=C1OC. The molecule has 1 aliphatic rings. The molecule has 2 atom stereocenters. The van der Waals surface area contributed by atoms with Gasteiger partial charge in [-0.3, -0.25) is 0 Å². The Hall–Kier alpha value is -1.27. The first kappa shape index (κ1) is 15.8. The third-order valence-electron chi connectivity index (χ3n) is 2.82. The van der Waals surface area contributed by atoms with Gasteiger partial charge in [0.15, 0.2) is 0 Å². The van der Waals surface area contributed by atoms with Crippen molar-refractivity contribution in [1.29, 1.82) is 0 Å². The van der Waals surface area contributed by atoms with E-state index in [0.29, 0.717) is 5.90 Å². The second kappa shape index (κ2) is 6.77. The highest BCUT2D eigenvalue weighted by molar-refractivity contribution is 5.93. The fourth-order valence-corrected chi connectivity index (χ4v) is 1.92. The van der Waals surface area contributed by atoms with Crippen LogP contribution >= 0.6 is 0 Å². The molecule has 4 nitrogen and oxygen atoms in total. The van der Waals surface area contributed by atoms with Gasteiger partial charge in [-0.1, -0.05) is 13.3 Å². The number of rotatable bonds is 4. The van der Waals surface area contributed by atoms with Gasteiger partial charge in [0.25, 0.3) is 0 Å². The van der Waals surface area contributed by atoms with E-state index in [4.69, 9.17) is 9.47 Å². The molecule has 0 aliphatic carbocycles. The molecule has 0 aromatic carbocycles. The average Bonchev–Trinajstić information content (AvgIpc) is 2.36. The van der Waals surface area contributed by atoms with E-state index < -0.39 is 18.6 Å². The number of methoxy groups -OCH3 is 2. The van der Waals surface area contributed by atoms with Crippen LogP contribution in [0.1, 0.15) is 32.6 Å². The maximum absolute atomic E-state index is 12.3. The maximum Gasteiger partial charge on any atom is 0.389 e. The highest BCUT2D eigenvalue weighted by Crippen LogP contribution is 2.25. The van der Waals surface area contributed by atoms with Crippen molar-refractivity contribution in [2.45, 2.75) is 50.9 Å². The van der Waals surface area contributed by atoms with Gasteiger partial charge in [0.2, 0.25) is 11.8 Å². The van der Waals surface area contributed by atoms with E-state index >= 15 is 0 Å². The molecule has 0 fully saturated rings. The molecule has 19 heavy (non-hydrogen) atoms. The molecule has 1 aliphatic heterocycles. The van der Waals surface area contributed by atoms with Crippen molar-refractivity contribution in [3.05, 3.63) is 0 Å². The van der Waals surface area contributed by atoms with Gasteiger partial charge in [0.05, 0.1) is 14.2 Å². The average molecular weight is 280 g/mol. The van der Waals surface area contributed by atoms with Crippen LogP contribution in [0.2, 0.25) is 0 Å². The van der Waals surface area contributed by atoms with Gasteiger partial charge in [-0.05, 0) is 12.8 Å². The molecule has 0 radical (unpaired) electrons. The summed E-state index contributed by atoms with van der Waals surface area (Å²) in [5, 5.41) is 0. The smallest absolute Gasteiger partial charge is 0.389 e. The zero-order valence-corrected chi connectivity index (χ0v) is 11.3. The van der Waals surface area contributed by atoms with Gasteiger partial charge in [-0.2, -0.15) is 13.2 Å². The third-order valence-corrected chi connectivity index (χ3v) is 2.82. The molecule has 0 bridgehead atoms. The van der Waals surface area contributed by atoms with Gasteiger partial charge in [-0.15, -0.1) is 0 Å². The summed E-state index contributed by atoms with van der Waals surface area (Å²) in [5.74, 6) is 0.637. The highest BCUT2D eigenvalue weighted by atomic mass is 19.4. The molecule has 110 valence electrons. The minimum atomic E-state index is -4.21. The van der Waals surface area contributed by atoms with Crippen LogP contribution in [0.25, 0.3) is 0 Å². The first-order chi connectivity index (χ1) is 8.91. The monoisotopic (exact) mass is 280 g/mol. The van der Waals surface area contributed by atoms with Crippen molar-refractivity contribution in [1.82, 2.24) is 0 Å². The number of ether oxygens (including phenoxy) is 2. The van der Waals surface area contributed by atoms with Crippen LogP contribution in [0.4, 0.5) is 13.2 Å². The van der Waals surface area contributed by atoms with Gasteiger partial charge in [0, 0.05) is 6.42 Å². The number of halogens is 3. The zero-order valence-electron chi connectivity index (χ0n) is 11.3. The van der Waals surface area contributed by atoms with Crippen LogP contribution in [-0.2, 0) is 9.47 Å². The topological polar surface area (TPSA) is 43.2 Å². The van der Waals surface area contributed by atoms with Gasteiger partial charge >= 0.3 is 6.18 Å². The van der Waals surface area contributed by atoms with Gasteiger partial charge in [0.1, 0.15) is 12.1 Å². The molecule has 1 rings (SSSR count). The summed E-state index contributed by atoms with van der Waals surface area (Å²) in [6, 6.07) is -0.971. The molecule has 7 heteroatoms. The molecule has 2 unspecified atom stereocenters. The zero-order chi connectivity index (χ0) is 14.5. The van der Waals surface area contributed by atoms with Gasteiger partial charge in [-0.25, -0.2) is 9.98 Å². The molecule has 0 saturated carbocycles. The predicted molar refractivity (Wildman–Crippen MR) is 66.7 cm³/mol. The molecular weight excluding hydrogens is 261 g/mol. The van der Waals surface area contributed by atoms with E-state index in [9.17, 15) is 13.2 Å². The Bertz CT molecular complexity index is 353. The summed E-state index contributed by atoms with van der Waals surface area (Å²) in [6.45, 7) is 1.99. The van der Waals surface area contributed by atoms with Crippen LogP contribution in [-0.4, -0.2) is 44.3 Å². The number of nitrogens with zero attached hydrogens (tertiary/aromatic N) is 2. The van der Waals surface area contributed by atoms with Crippen molar-refractivity contribution >= 4 is 11.8 Å². The lowest BCUT2D eigenvalue weighted by Gasteiger charge is -2.25. The standard InChI is InChI=1S/C12H19F3N2O2/c1-4-5-8-10(18-2)17-9(11(16-8)19-3)6-7-12(13,14)15/h8-9H,4-7H2,1-3H3. The predicted octanol–water partition coefficient (Wildman–Crippen LogP) is 2.97. The lowest BCUT2D eigenvalue weighted by Crippen LogP contribution is -2.35. The first-order valence-corrected chi connectivity index (χ1v) is 6.21. The second-order valence-electron chi connectivity index (χ2n) is 4.32. The molecule has 0 amide bonds. The van der Waals surface area contributed by atoms with Crippen LogP contribution in [0.3, 0.4) is 0 Å². The molecule has 0 saturated heterocycles. The summed E-state index contributed by atoms with van der Waals surface area (Å²) in [5.41, 5.74) is 0. The number of hydrogen-bond acceptors (Lipinski definition) is 4. The minimum absolute atomic E-state index is 0.179. The fraction of sp³-hybridized carbons (Fsp3) is 0.833. The lowest BCUT2D eigenvalue weighted by molar-refractivity contribution is -0.135. The van der Waals surface area contributed by atoms with Gasteiger partial charge < -0.3 is 9.47 Å². The Morgan fingerprint density at radius 1 is 1.00 bits per heavy atom. The lowest BCUT2D eigenvalue weighted by atomic mass is 10.1. The Morgan fingerprint density at radius 3 is 1.84 bits per heavy atom. The Balaban J connectivity index is 2.80.